The van der Waals surface area contributed by atoms with Crippen LogP contribution in [0.3, 0.4) is 0 Å². The first-order valence-electron chi connectivity index (χ1n) is 6.03. The molecule has 5 heteroatoms. The molecular weight excluding hydrogens is 256 g/mol. The van der Waals surface area contributed by atoms with E-state index in [0.29, 0.717) is 17.1 Å². The molecule has 0 fully saturated rings. The standard InChI is InChI=1S/C15H12N2O3/c1-2-19-15(18)13-10-17-8-7-14(13)20-12-5-3-11(9-16)4-6-12/h3-8,10H,2H2,1H3. The lowest BCUT2D eigenvalue weighted by molar-refractivity contribution is 0.0523. The Hall–Kier alpha value is -2.87. The molecule has 2 rings (SSSR count). The summed E-state index contributed by atoms with van der Waals surface area (Å²) in [7, 11) is 0. The zero-order chi connectivity index (χ0) is 14.4. The van der Waals surface area contributed by atoms with Gasteiger partial charge in [0.15, 0.2) is 0 Å². The third kappa shape index (κ3) is 3.12. The summed E-state index contributed by atoms with van der Waals surface area (Å²) in [4.78, 5) is 15.7. The number of aromatic nitrogens is 1. The van der Waals surface area contributed by atoms with Crippen molar-refractivity contribution in [3.63, 3.8) is 0 Å². The van der Waals surface area contributed by atoms with E-state index in [4.69, 9.17) is 14.7 Å². The number of esters is 1. The molecule has 0 aliphatic rings. The molecule has 0 amide bonds. The van der Waals surface area contributed by atoms with E-state index >= 15 is 0 Å². The lowest BCUT2D eigenvalue weighted by atomic mass is 10.2. The smallest absolute Gasteiger partial charge is 0.343 e. The molecule has 0 bridgehead atoms. The molecule has 0 saturated carbocycles. The average Bonchev–Trinajstić information content (AvgIpc) is 2.49. The largest absolute Gasteiger partial charge is 0.462 e. The number of carbonyl (C=O) groups is 1. The van der Waals surface area contributed by atoms with Gasteiger partial charge in [0.2, 0.25) is 0 Å². The van der Waals surface area contributed by atoms with Gasteiger partial charge in [-0.1, -0.05) is 0 Å². The summed E-state index contributed by atoms with van der Waals surface area (Å²) in [6, 6.07) is 10.2. The third-order valence-corrected chi connectivity index (χ3v) is 2.49. The quantitative estimate of drug-likeness (QED) is 0.797. The van der Waals surface area contributed by atoms with E-state index in [1.165, 1.54) is 12.4 Å². The number of carbonyl (C=O) groups excluding carboxylic acids is 1. The van der Waals surface area contributed by atoms with Crippen molar-refractivity contribution in [2.24, 2.45) is 0 Å². The highest BCUT2D eigenvalue weighted by Crippen LogP contribution is 2.25. The van der Waals surface area contributed by atoms with Gasteiger partial charge in [-0.2, -0.15) is 5.26 Å². The molecule has 1 aromatic carbocycles. The van der Waals surface area contributed by atoms with Crippen molar-refractivity contribution in [1.29, 1.82) is 5.26 Å². The normalized spacial score (nSPS) is 9.60. The molecule has 5 nitrogen and oxygen atoms in total. The van der Waals surface area contributed by atoms with Gasteiger partial charge in [-0.15, -0.1) is 0 Å². The number of ether oxygens (including phenoxy) is 2. The second-order valence-corrected chi connectivity index (χ2v) is 3.83. The van der Waals surface area contributed by atoms with Gasteiger partial charge in [-0.3, -0.25) is 4.98 Å². The lowest BCUT2D eigenvalue weighted by Crippen LogP contribution is -2.06. The highest BCUT2D eigenvalue weighted by atomic mass is 16.5. The summed E-state index contributed by atoms with van der Waals surface area (Å²) < 4.78 is 10.6. The third-order valence-electron chi connectivity index (χ3n) is 2.49. The van der Waals surface area contributed by atoms with Crippen LogP contribution >= 0.6 is 0 Å². The molecule has 100 valence electrons. The molecule has 20 heavy (non-hydrogen) atoms. The van der Waals surface area contributed by atoms with Crippen molar-refractivity contribution in [2.45, 2.75) is 6.92 Å². The van der Waals surface area contributed by atoms with Gasteiger partial charge in [0, 0.05) is 18.5 Å². The fourth-order valence-electron chi connectivity index (χ4n) is 1.56. The van der Waals surface area contributed by atoms with Crippen LogP contribution < -0.4 is 4.74 Å². The van der Waals surface area contributed by atoms with Crippen molar-refractivity contribution >= 4 is 5.97 Å². The number of rotatable bonds is 4. The first-order chi connectivity index (χ1) is 9.74. The second kappa shape index (κ2) is 6.34. The summed E-state index contributed by atoms with van der Waals surface area (Å²) in [5.41, 5.74) is 0.802. The molecule has 0 spiro atoms. The summed E-state index contributed by atoms with van der Waals surface area (Å²) >= 11 is 0. The van der Waals surface area contributed by atoms with E-state index in [9.17, 15) is 4.79 Å². The monoisotopic (exact) mass is 268 g/mol. The number of hydrogen-bond donors (Lipinski definition) is 0. The first kappa shape index (κ1) is 13.6. The Kier molecular flexibility index (Phi) is 4.30. The van der Waals surface area contributed by atoms with Gasteiger partial charge in [-0.25, -0.2) is 4.79 Å². The van der Waals surface area contributed by atoms with Crippen LogP contribution in [-0.4, -0.2) is 17.6 Å². The van der Waals surface area contributed by atoms with Gasteiger partial charge in [-0.05, 0) is 31.2 Å². The van der Waals surface area contributed by atoms with Crippen LogP contribution in [0.1, 0.15) is 22.8 Å². The minimum Gasteiger partial charge on any atom is -0.462 e. The van der Waals surface area contributed by atoms with Crippen LogP contribution in [0.5, 0.6) is 11.5 Å². The maximum absolute atomic E-state index is 11.8. The highest BCUT2D eigenvalue weighted by molar-refractivity contribution is 5.92. The Morgan fingerprint density at radius 2 is 2.05 bits per heavy atom. The summed E-state index contributed by atoms with van der Waals surface area (Å²) in [5, 5.41) is 8.73. The summed E-state index contributed by atoms with van der Waals surface area (Å²) in [6.07, 6.45) is 2.93. The topological polar surface area (TPSA) is 72.2 Å². The Bertz CT molecular complexity index is 645. The van der Waals surface area contributed by atoms with Gasteiger partial charge in [0.25, 0.3) is 0 Å². The Morgan fingerprint density at radius 1 is 1.30 bits per heavy atom. The Balaban J connectivity index is 2.24. The van der Waals surface area contributed by atoms with E-state index < -0.39 is 5.97 Å². The Morgan fingerprint density at radius 3 is 2.70 bits per heavy atom. The molecule has 0 aliphatic carbocycles. The molecule has 1 aromatic heterocycles. The van der Waals surface area contributed by atoms with Crippen molar-refractivity contribution in [2.75, 3.05) is 6.61 Å². The van der Waals surface area contributed by atoms with Gasteiger partial charge >= 0.3 is 5.97 Å². The molecule has 0 N–H and O–H groups in total. The van der Waals surface area contributed by atoms with Crippen LogP contribution in [0.4, 0.5) is 0 Å². The Labute approximate surface area is 116 Å². The molecule has 0 aliphatic heterocycles. The van der Waals surface area contributed by atoms with Gasteiger partial charge < -0.3 is 9.47 Å². The van der Waals surface area contributed by atoms with Gasteiger partial charge in [0.05, 0.1) is 18.2 Å². The first-order valence-corrected chi connectivity index (χ1v) is 6.03. The van der Waals surface area contributed by atoms with Crippen molar-refractivity contribution < 1.29 is 14.3 Å². The number of nitrogens with zero attached hydrogens (tertiary/aromatic N) is 2. The van der Waals surface area contributed by atoms with E-state index in [1.54, 1.807) is 37.3 Å². The zero-order valence-electron chi connectivity index (χ0n) is 10.9. The van der Waals surface area contributed by atoms with Crippen LogP contribution in [0.15, 0.2) is 42.7 Å². The maximum atomic E-state index is 11.8. The van der Waals surface area contributed by atoms with Crippen molar-refractivity contribution in [1.82, 2.24) is 4.98 Å². The molecule has 0 radical (unpaired) electrons. The zero-order valence-corrected chi connectivity index (χ0v) is 10.9. The minimum atomic E-state index is -0.482. The predicted octanol–water partition coefficient (Wildman–Crippen LogP) is 2.92. The molecule has 0 unspecified atom stereocenters. The van der Waals surface area contributed by atoms with E-state index in [0.717, 1.165) is 0 Å². The molecule has 2 aromatic rings. The van der Waals surface area contributed by atoms with Crippen LogP contribution in [-0.2, 0) is 4.74 Å². The van der Waals surface area contributed by atoms with E-state index in [1.807, 2.05) is 6.07 Å². The SMILES string of the molecule is CCOC(=O)c1cnccc1Oc1ccc(C#N)cc1. The average molecular weight is 268 g/mol. The minimum absolute atomic E-state index is 0.263. The predicted molar refractivity (Wildman–Crippen MR) is 71.4 cm³/mol. The van der Waals surface area contributed by atoms with Gasteiger partial charge in [0.1, 0.15) is 17.1 Å². The molecule has 0 atom stereocenters. The van der Waals surface area contributed by atoms with Crippen LogP contribution in [0.25, 0.3) is 0 Å². The van der Waals surface area contributed by atoms with E-state index in [-0.39, 0.29) is 12.2 Å². The highest BCUT2D eigenvalue weighted by Gasteiger charge is 2.14. The maximum Gasteiger partial charge on any atom is 0.343 e. The fourth-order valence-corrected chi connectivity index (χ4v) is 1.56. The fraction of sp³-hybridized carbons (Fsp3) is 0.133. The van der Waals surface area contributed by atoms with Crippen LogP contribution in [0, 0.1) is 11.3 Å². The number of benzene rings is 1. The number of nitriles is 1. The van der Waals surface area contributed by atoms with Crippen LogP contribution in [0.2, 0.25) is 0 Å². The van der Waals surface area contributed by atoms with Crippen molar-refractivity contribution in [3.05, 3.63) is 53.9 Å². The lowest BCUT2D eigenvalue weighted by Gasteiger charge is -2.09. The van der Waals surface area contributed by atoms with E-state index in [2.05, 4.69) is 4.98 Å². The molecular formula is C15H12N2O3. The summed E-state index contributed by atoms with van der Waals surface area (Å²) in [5.74, 6) is 0.410. The number of hydrogen-bond acceptors (Lipinski definition) is 5. The summed E-state index contributed by atoms with van der Waals surface area (Å²) in [6.45, 7) is 2.01. The molecule has 0 saturated heterocycles. The van der Waals surface area contributed by atoms with Crippen molar-refractivity contribution in [3.8, 4) is 17.6 Å². The molecule has 1 heterocycles. The number of pyridine rings is 1. The second-order valence-electron chi connectivity index (χ2n) is 3.83.